The summed E-state index contributed by atoms with van der Waals surface area (Å²) in [5.74, 6) is 1.40. The zero-order valence-electron chi connectivity index (χ0n) is 12.6. The van der Waals surface area contributed by atoms with Gasteiger partial charge >= 0.3 is 0 Å². The first-order valence-electron chi connectivity index (χ1n) is 7.78. The standard InChI is InChI=1S/C15H27N3O2/c1-10-5-6-12(9-11(10)2)17-14(19)15(13(16)18-20)7-3-4-8-15/h10-12,20H,3-9H2,1-2H3,(H2,16,18)(H,17,19). The van der Waals surface area contributed by atoms with E-state index in [0.717, 1.165) is 38.0 Å². The minimum Gasteiger partial charge on any atom is -0.409 e. The molecular formula is C15H27N3O2. The fraction of sp³-hybridized carbons (Fsp3) is 0.867. The normalized spacial score (nSPS) is 33.9. The molecule has 5 nitrogen and oxygen atoms in total. The van der Waals surface area contributed by atoms with E-state index in [4.69, 9.17) is 10.9 Å². The lowest BCUT2D eigenvalue weighted by atomic mass is 9.78. The smallest absolute Gasteiger partial charge is 0.234 e. The molecule has 1 amide bonds. The molecular weight excluding hydrogens is 254 g/mol. The zero-order valence-corrected chi connectivity index (χ0v) is 12.6. The third-order valence-corrected chi connectivity index (χ3v) is 5.42. The molecule has 0 aromatic rings. The molecule has 0 heterocycles. The average molecular weight is 281 g/mol. The molecule has 2 rings (SSSR count). The van der Waals surface area contributed by atoms with Crippen LogP contribution in [0.2, 0.25) is 0 Å². The van der Waals surface area contributed by atoms with Crippen molar-refractivity contribution in [3.8, 4) is 0 Å². The van der Waals surface area contributed by atoms with Crippen molar-refractivity contribution in [1.29, 1.82) is 0 Å². The Kier molecular flexibility index (Phi) is 4.55. The number of nitrogens with zero attached hydrogens (tertiary/aromatic N) is 1. The van der Waals surface area contributed by atoms with Crippen LogP contribution in [0.1, 0.15) is 58.8 Å². The van der Waals surface area contributed by atoms with E-state index in [9.17, 15) is 4.79 Å². The van der Waals surface area contributed by atoms with Crippen molar-refractivity contribution >= 4 is 11.7 Å². The molecule has 0 spiro atoms. The minimum absolute atomic E-state index is 0.0444. The maximum absolute atomic E-state index is 12.6. The van der Waals surface area contributed by atoms with Crippen LogP contribution in [0, 0.1) is 17.3 Å². The molecule has 3 atom stereocenters. The number of carbonyl (C=O) groups excluding carboxylic acids is 1. The van der Waals surface area contributed by atoms with Crippen molar-refractivity contribution in [2.45, 2.75) is 64.8 Å². The van der Waals surface area contributed by atoms with E-state index in [0.29, 0.717) is 18.8 Å². The molecule has 0 aromatic heterocycles. The molecule has 0 saturated heterocycles. The summed E-state index contributed by atoms with van der Waals surface area (Å²) >= 11 is 0. The van der Waals surface area contributed by atoms with Crippen molar-refractivity contribution < 1.29 is 10.0 Å². The Morgan fingerprint density at radius 1 is 1.25 bits per heavy atom. The molecule has 0 bridgehead atoms. The maximum atomic E-state index is 12.6. The SMILES string of the molecule is CC1CCC(NC(=O)C2(C(N)=NO)CCCC2)CC1C. The number of nitrogens with two attached hydrogens (primary N) is 1. The number of hydrogen-bond donors (Lipinski definition) is 3. The van der Waals surface area contributed by atoms with Crippen molar-refractivity contribution in [2.75, 3.05) is 0 Å². The molecule has 20 heavy (non-hydrogen) atoms. The van der Waals surface area contributed by atoms with E-state index < -0.39 is 5.41 Å². The Morgan fingerprint density at radius 3 is 2.45 bits per heavy atom. The Hall–Kier alpha value is -1.26. The Bertz CT molecular complexity index is 389. The molecule has 114 valence electrons. The quantitative estimate of drug-likeness (QED) is 0.321. The molecule has 2 aliphatic rings. The highest BCUT2D eigenvalue weighted by atomic mass is 16.4. The predicted molar refractivity (Wildman–Crippen MR) is 78.4 cm³/mol. The Morgan fingerprint density at radius 2 is 1.90 bits per heavy atom. The molecule has 0 aliphatic heterocycles. The third kappa shape index (κ3) is 2.76. The second-order valence-electron chi connectivity index (χ2n) is 6.71. The number of nitrogens with one attached hydrogen (secondary N) is 1. The van der Waals surface area contributed by atoms with Crippen LogP contribution >= 0.6 is 0 Å². The topological polar surface area (TPSA) is 87.7 Å². The van der Waals surface area contributed by atoms with Gasteiger partial charge in [-0.2, -0.15) is 0 Å². The van der Waals surface area contributed by atoms with E-state index in [-0.39, 0.29) is 17.8 Å². The van der Waals surface area contributed by atoms with E-state index in [2.05, 4.69) is 24.3 Å². The van der Waals surface area contributed by atoms with Crippen LogP contribution in [0.5, 0.6) is 0 Å². The predicted octanol–water partition coefficient (Wildman–Crippen LogP) is 2.23. The summed E-state index contributed by atoms with van der Waals surface area (Å²) in [6.45, 7) is 4.52. The largest absolute Gasteiger partial charge is 0.409 e. The first-order chi connectivity index (χ1) is 9.49. The maximum Gasteiger partial charge on any atom is 0.234 e. The van der Waals surface area contributed by atoms with Gasteiger partial charge in [0.25, 0.3) is 0 Å². The fourth-order valence-electron chi connectivity index (χ4n) is 3.68. The monoisotopic (exact) mass is 281 g/mol. The highest BCUT2D eigenvalue weighted by Gasteiger charge is 2.46. The second kappa shape index (κ2) is 6.02. The van der Waals surface area contributed by atoms with Gasteiger partial charge in [-0.05, 0) is 43.9 Å². The number of amidine groups is 1. The third-order valence-electron chi connectivity index (χ3n) is 5.42. The molecule has 4 N–H and O–H groups in total. The van der Waals surface area contributed by atoms with Gasteiger partial charge in [0.05, 0.1) is 0 Å². The molecule has 3 unspecified atom stereocenters. The van der Waals surface area contributed by atoms with Crippen LogP contribution in [-0.4, -0.2) is 23.0 Å². The first kappa shape index (κ1) is 15.1. The van der Waals surface area contributed by atoms with Gasteiger partial charge < -0.3 is 16.3 Å². The van der Waals surface area contributed by atoms with E-state index in [1.807, 2.05) is 0 Å². The number of hydrogen-bond acceptors (Lipinski definition) is 3. The van der Waals surface area contributed by atoms with Crippen molar-refractivity contribution in [1.82, 2.24) is 5.32 Å². The summed E-state index contributed by atoms with van der Waals surface area (Å²) in [4.78, 5) is 12.6. The lowest BCUT2D eigenvalue weighted by molar-refractivity contribution is -0.128. The zero-order chi connectivity index (χ0) is 14.8. The van der Waals surface area contributed by atoms with Crippen molar-refractivity contribution in [2.24, 2.45) is 28.1 Å². The van der Waals surface area contributed by atoms with Gasteiger partial charge in [0.15, 0.2) is 5.84 Å². The van der Waals surface area contributed by atoms with Crippen molar-refractivity contribution in [3.05, 3.63) is 0 Å². The number of amides is 1. The Labute approximate surface area is 121 Å². The van der Waals surface area contributed by atoms with Crippen LogP contribution in [0.15, 0.2) is 5.16 Å². The summed E-state index contributed by atoms with van der Waals surface area (Å²) in [6.07, 6.45) is 6.51. The molecule has 2 saturated carbocycles. The van der Waals surface area contributed by atoms with E-state index in [1.54, 1.807) is 0 Å². The number of carbonyl (C=O) groups is 1. The van der Waals surface area contributed by atoms with Gasteiger partial charge in [-0.25, -0.2) is 0 Å². The van der Waals surface area contributed by atoms with Gasteiger partial charge in [-0.15, -0.1) is 0 Å². The van der Waals surface area contributed by atoms with Crippen LogP contribution in [-0.2, 0) is 4.79 Å². The highest BCUT2D eigenvalue weighted by Crippen LogP contribution is 2.39. The van der Waals surface area contributed by atoms with Gasteiger partial charge in [-0.1, -0.05) is 31.8 Å². The van der Waals surface area contributed by atoms with Crippen LogP contribution < -0.4 is 11.1 Å². The summed E-state index contributed by atoms with van der Waals surface area (Å²) in [5.41, 5.74) is 5.03. The molecule has 2 fully saturated rings. The number of rotatable bonds is 3. The van der Waals surface area contributed by atoms with E-state index >= 15 is 0 Å². The molecule has 2 aliphatic carbocycles. The van der Waals surface area contributed by atoms with Gasteiger partial charge in [-0.3, -0.25) is 4.79 Å². The van der Waals surface area contributed by atoms with Gasteiger partial charge in [0, 0.05) is 6.04 Å². The lowest BCUT2D eigenvalue weighted by Crippen LogP contribution is -2.52. The fourth-order valence-corrected chi connectivity index (χ4v) is 3.68. The molecule has 5 heteroatoms. The minimum atomic E-state index is -0.777. The number of oxime groups is 1. The summed E-state index contributed by atoms with van der Waals surface area (Å²) in [5, 5.41) is 15.2. The van der Waals surface area contributed by atoms with E-state index in [1.165, 1.54) is 0 Å². The lowest BCUT2D eigenvalue weighted by Gasteiger charge is -2.35. The van der Waals surface area contributed by atoms with Gasteiger partial charge in [0.2, 0.25) is 5.91 Å². The Balaban J connectivity index is 2.03. The summed E-state index contributed by atoms with van der Waals surface area (Å²) in [6, 6.07) is 0.234. The van der Waals surface area contributed by atoms with Gasteiger partial charge in [0.1, 0.15) is 5.41 Å². The van der Waals surface area contributed by atoms with Crippen LogP contribution in [0.25, 0.3) is 0 Å². The highest BCUT2D eigenvalue weighted by molar-refractivity contribution is 6.07. The van der Waals surface area contributed by atoms with Crippen molar-refractivity contribution in [3.63, 3.8) is 0 Å². The average Bonchev–Trinajstić information content (AvgIpc) is 2.93. The molecule has 0 aromatic carbocycles. The van der Waals surface area contributed by atoms with Crippen LogP contribution in [0.4, 0.5) is 0 Å². The summed E-state index contributed by atoms with van der Waals surface area (Å²) in [7, 11) is 0. The second-order valence-corrected chi connectivity index (χ2v) is 6.71. The van der Waals surface area contributed by atoms with Crippen LogP contribution in [0.3, 0.4) is 0 Å². The molecule has 0 radical (unpaired) electrons. The first-order valence-corrected chi connectivity index (χ1v) is 7.78. The summed E-state index contributed by atoms with van der Waals surface area (Å²) < 4.78 is 0.